The van der Waals surface area contributed by atoms with Gasteiger partial charge in [-0.15, -0.1) is 0 Å². The van der Waals surface area contributed by atoms with Crippen LogP contribution in [0.1, 0.15) is 47.7 Å². The number of ketones is 1. The Bertz CT molecular complexity index is 1200. The number of carbonyl (C=O) groups is 1. The maximum Gasteiger partial charge on any atom is 0.231 e. The van der Waals surface area contributed by atoms with Crippen LogP contribution in [-0.2, 0) is 19.0 Å². The smallest absolute Gasteiger partial charge is 0.231 e. The van der Waals surface area contributed by atoms with Gasteiger partial charge in [-0.25, -0.2) is 0 Å². The first-order valence-electron chi connectivity index (χ1n) is 12.8. The Balaban J connectivity index is 1.72. The molecule has 5 unspecified atom stereocenters. The molecule has 0 aromatic heterocycles. The molecule has 0 radical (unpaired) electrons. The highest BCUT2D eigenvalue weighted by atomic mass is 32.1. The predicted octanol–water partition coefficient (Wildman–Crippen LogP) is 1.90. The summed E-state index contributed by atoms with van der Waals surface area (Å²) in [4.78, 5) is 15.8. The number of aryl methyl sites for hydroxylation is 1. The number of hydrogen-bond acceptors (Lipinski definition) is 11. The van der Waals surface area contributed by atoms with E-state index in [9.17, 15) is 15.0 Å². The first kappa shape index (κ1) is 27.3. The van der Waals surface area contributed by atoms with Gasteiger partial charge in [0.2, 0.25) is 6.79 Å². The van der Waals surface area contributed by atoms with Crippen molar-refractivity contribution >= 4 is 18.4 Å². The molecule has 2 saturated heterocycles. The van der Waals surface area contributed by atoms with Crippen LogP contribution in [0, 0.1) is 6.92 Å². The van der Waals surface area contributed by atoms with Crippen molar-refractivity contribution in [3.8, 4) is 11.5 Å². The Morgan fingerprint density at radius 3 is 2.63 bits per heavy atom. The Morgan fingerprint density at radius 1 is 1.24 bits per heavy atom. The molecule has 0 amide bonds. The minimum absolute atomic E-state index is 0.0103. The molecule has 5 atom stereocenters. The number of rotatable bonds is 6. The summed E-state index contributed by atoms with van der Waals surface area (Å²) in [6.07, 6.45) is 0.736. The van der Waals surface area contributed by atoms with Crippen LogP contribution in [0.2, 0.25) is 0 Å². The lowest BCUT2D eigenvalue weighted by Gasteiger charge is -2.54. The molecule has 3 aliphatic heterocycles. The van der Waals surface area contributed by atoms with E-state index in [0.717, 1.165) is 16.7 Å². The number of piperidine rings is 1. The second kappa shape index (κ2) is 10.4. The average molecular weight is 549 g/mol. The zero-order chi connectivity index (χ0) is 27.4. The number of aliphatic hydroxyl groups is 2. The fourth-order valence-electron chi connectivity index (χ4n) is 6.63. The predicted molar refractivity (Wildman–Crippen MR) is 141 cm³/mol. The van der Waals surface area contributed by atoms with Crippen molar-refractivity contribution in [3.63, 3.8) is 0 Å². The molecule has 10 nitrogen and oxygen atoms in total. The highest BCUT2D eigenvalue weighted by Crippen LogP contribution is 2.53. The zero-order valence-electron chi connectivity index (χ0n) is 22.4. The molecule has 38 heavy (non-hydrogen) atoms. The number of aliphatic hydroxyl groups excluding tert-OH is 1. The summed E-state index contributed by atoms with van der Waals surface area (Å²) in [6, 6.07) is 0.583. The third-order valence-corrected chi connectivity index (χ3v) is 8.78. The number of Topliss-reactive ketones (excluding diaryl/α,β-unsaturated/α-hetero) is 1. The fourth-order valence-corrected chi connectivity index (χ4v) is 6.96. The number of thiol groups is 1. The van der Waals surface area contributed by atoms with Gasteiger partial charge in [-0.1, -0.05) is 6.07 Å². The molecule has 0 bridgehead atoms. The van der Waals surface area contributed by atoms with Crippen molar-refractivity contribution in [3.05, 3.63) is 45.4 Å². The lowest BCUT2D eigenvalue weighted by molar-refractivity contribution is -0.138. The van der Waals surface area contributed by atoms with Gasteiger partial charge >= 0.3 is 0 Å². The Kier molecular flexibility index (Phi) is 7.44. The minimum atomic E-state index is -1.86. The first-order valence-corrected chi connectivity index (χ1v) is 13.3. The number of hydrogen-bond donors (Lipinski definition) is 4. The van der Waals surface area contributed by atoms with Crippen molar-refractivity contribution in [2.24, 2.45) is 0 Å². The van der Waals surface area contributed by atoms with Crippen molar-refractivity contribution < 1.29 is 38.7 Å². The van der Waals surface area contributed by atoms with Crippen LogP contribution in [0.4, 0.5) is 0 Å². The Hall–Kier alpha value is -2.28. The van der Waals surface area contributed by atoms with Crippen molar-refractivity contribution in [1.29, 1.82) is 0 Å². The highest BCUT2D eigenvalue weighted by Gasteiger charge is 2.59. The third-order valence-electron chi connectivity index (χ3n) is 8.24. The first-order chi connectivity index (χ1) is 18.2. The molecule has 3 heterocycles. The number of nitrogens with one attached hydrogen (secondary N) is 1. The van der Waals surface area contributed by atoms with Gasteiger partial charge in [0.1, 0.15) is 0 Å². The zero-order valence-corrected chi connectivity index (χ0v) is 23.3. The third kappa shape index (κ3) is 3.94. The standard InChI is InChI=1S/C27H36N2O8S/c1-13-8-15-18(38)6-7-29-16(21(28-3)19(15)24(22(13)34-5)35-11-33-4)9-27(32)20(17(29)10-30)25-23(36-12-37-25)14(2)26(27)31/h8,16-18,21,28,30,32,38H,6-7,9-12H2,1-5H3. The molecule has 0 spiro atoms. The molecule has 1 aromatic rings. The molecule has 1 aliphatic carbocycles. The van der Waals surface area contributed by atoms with E-state index < -0.39 is 29.5 Å². The molecule has 2 fully saturated rings. The Labute approximate surface area is 227 Å². The maximum absolute atomic E-state index is 13.7. The van der Waals surface area contributed by atoms with Crippen molar-refractivity contribution in [1.82, 2.24) is 10.2 Å². The van der Waals surface area contributed by atoms with Gasteiger partial charge in [0, 0.05) is 48.1 Å². The Morgan fingerprint density at radius 2 is 1.97 bits per heavy atom. The number of carbonyl (C=O) groups excluding carboxylic acids is 1. The molecule has 4 aliphatic rings. The van der Waals surface area contributed by atoms with Crippen LogP contribution < -0.4 is 14.8 Å². The molecule has 1 aromatic carbocycles. The fraction of sp³-hybridized carbons (Fsp3) is 0.593. The topological polar surface area (TPSA) is 119 Å². The van der Waals surface area contributed by atoms with Crippen LogP contribution >= 0.6 is 12.6 Å². The van der Waals surface area contributed by atoms with E-state index in [-0.39, 0.29) is 31.9 Å². The summed E-state index contributed by atoms with van der Waals surface area (Å²) < 4.78 is 28.5. The minimum Gasteiger partial charge on any atom is -0.493 e. The van der Waals surface area contributed by atoms with Gasteiger partial charge in [-0.05, 0) is 38.4 Å². The molecule has 11 heteroatoms. The largest absolute Gasteiger partial charge is 0.493 e. The van der Waals surface area contributed by atoms with Crippen molar-refractivity contribution in [2.45, 2.75) is 55.7 Å². The van der Waals surface area contributed by atoms with Gasteiger partial charge in [-0.3, -0.25) is 9.69 Å². The molecule has 0 saturated carbocycles. The van der Waals surface area contributed by atoms with Crippen LogP contribution in [0.25, 0.3) is 0 Å². The van der Waals surface area contributed by atoms with E-state index in [1.54, 1.807) is 21.1 Å². The van der Waals surface area contributed by atoms with Gasteiger partial charge in [0.15, 0.2) is 41.2 Å². The quantitative estimate of drug-likeness (QED) is 0.310. The van der Waals surface area contributed by atoms with Crippen LogP contribution in [0.15, 0.2) is 28.7 Å². The van der Waals surface area contributed by atoms with Gasteiger partial charge < -0.3 is 39.2 Å². The molecule has 3 N–H and O–H groups in total. The van der Waals surface area contributed by atoms with E-state index in [2.05, 4.69) is 16.3 Å². The van der Waals surface area contributed by atoms with E-state index >= 15 is 0 Å². The SMILES string of the molecule is CNC1c2c(cc(C)c(OC)c2OCOC)C(S)CCN2C(CO)C3=C4OCOC4=C(C)C(=O)C3(O)CC12. The molecular weight excluding hydrogens is 512 g/mol. The normalized spacial score (nSPS) is 30.9. The van der Waals surface area contributed by atoms with Crippen molar-refractivity contribution in [2.75, 3.05) is 48.0 Å². The summed E-state index contributed by atoms with van der Waals surface area (Å²) >= 11 is 4.98. The van der Waals surface area contributed by atoms with E-state index in [0.29, 0.717) is 47.1 Å². The number of nitrogens with zero attached hydrogens (tertiary/aromatic N) is 1. The summed E-state index contributed by atoms with van der Waals surface area (Å²) in [6.45, 7) is 3.82. The second-order valence-corrected chi connectivity index (χ2v) is 10.8. The number of ether oxygens (including phenoxy) is 5. The number of benzene rings is 1. The van der Waals surface area contributed by atoms with E-state index in [1.165, 1.54) is 0 Å². The number of fused-ring (bicyclic) bond motifs is 4. The number of likely N-dealkylation sites (N-methyl/N-ethyl adjacent to an activating group) is 1. The lowest BCUT2D eigenvalue weighted by atomic mass is 9.67. The van der Waals surface area contributed by atoms with E-state index in [4.69, 9.17) is 36.3 Å². The number of methoxy groups -OCH3 is 2. The maximum atomic E-state index is 13.7. The monoisotopic (exact) mass is 548 g/mol. The highest BCUT2D eigenvalue weighted by molar-refractivity contribution is 7.80. The second-order valence-electron chi connectivity index (χ2n) is 10.2. The molecular formula is C27H36N2O8S. The summed E-state index contributed by atoms with van der Waals surface area (Å²) in [5.74, 6) is 1.38. The summed E-state index contributed by atoms with van der Waals surface area (Å²) in [5, 5.41) is 26.1. The average Bonchev–Trinajstić information content (AvgIpc) is 3.39. The summed E-state index contributed by atoms with van der Waals surface area (Å²) in [7, 11) is 4.98. The lowest BCUT2D eigenvalue weighted by Crippen LogP contribution is -2.65. The van der Waals surface area contributed by atoms with E-state index in [1.807, 2.05) is 14.0 Å². The van der Waals surface area contributed by atoms with Crippen LogP contribution in [0.5, 0.6) is 11.5 Å². The molecule has 5 rings (SSSR count). The van der Waals surface area contributed by atoms with Gasteiger partial charge in [0.25, 0.3) is 0 Å². The van der Waals surface area contributed by atoms with Gasteiger partial charge in [-0.2, -0.15) is 12.6 Å². The molecule has 208 valence electrons. The summed E-state index contributed by atoms with van der Waals surface area (Å²) in [5.41, 5.74) is 1.54. The van der Waals surface area contributed by atoms with Crippen LogP contribution in [0.3, 0.4) is 0 Å². The van der Waals surface area contributed by atoms with Gasteiger partial charge in [0.05, 0.1) is 25.8 Å². The van der Waals surface area contributed by atoms with Crippen LogP contribution in [-0.4, -0.2) is 86.6 Å².